The van der Waals surface area contributed by atoms with E-state index in [1.807, 2.05) is 25.1 Å². The van der Waals surface area contributed by atoms with Gasteiger partial charge in [0.1, 0.15) is 0 Å². The Labute approximate surface area is 123 Å². The van der Waals surface area contributed by atoms with E-state index in [4.69, 9.17) is 4.74 Å². The lowest BCUT2D eigenvalue weighted by Gasteiger charge is -2.09. The van der Waals surface area contributed by atoms with E-state index in [2.05, 4.69) is 15.3 Å². The molecule has 108 valence electrons. The first kappa shape index (κ1) is 13.5. The maximum atomic E-state index is 11.7. The lowest BCUT2D eigenvalue weighted by atomic mass is 10.1. The Hall–Kier alpha value is -2.43. The summed E-state index contributed by atoms with van der Waals surface area (Å²) in [5, 5.41) is 2.75. The molecule has 1 heterocycles. The highest BCUT2D eigenvalue weighted by molar-refractivity contribution is 5.86. The molecule has 0 radical (unpaired) electrons. The molecule has 5 nitrogen and oxygen atoms in total. The van der Waals surface area contributed by atoms with Crippen molar-refractivity contribution in [2.24, 2.45) is 5.92 Å². The number of nitrogens with zero attached hydrogens (tertiary/aromatic N) is 2. The van der Waals surface area contributed by atoms with E-state index in [9.17, 15) is 4.79 Å². The molecule has 1 fully saturated rings. The van der Waals surface area contributed by atoms with Crippen molar-refractivity contribution >= 4 is 11.8 Å². The molecular weight excluding hydrogens is 266 g/mol. The summed E-state index contributed by atoms with van der Waals surface area (Å²) < 4.78 is 5.16. The molecule has 0 atom stereocenters. The highest BCUT2D eigenvalue weighted by Crippen LogP contribution is 2.29. The number of aryl methyl sites for hydroxylation is 1. The molecule has 1 aromatic heterocycles. The molecule has 1 amide bonds. The van der Waals surface area contributed by atoms with Gasteiger partial charge in [-0.2, -0.15) is 0 Å². The molecule has 1 aliphatic carbocycles. The van der Waals surface area contributed by atoms with Gasteiger partial charge in [-0.05, 0) is 49.4 Å². The molecule has 1 N–H and O–H groups in total. The Morgan fingerprint density at radius 2 is 2.10 bits per heavy atom. The number of anilines is 1. The van der Waals surface area contributed by atoms with Crippen LogP contribution in [0, 0.1) is 12.8 Å². The van der Waals surface area contributed by atoms with Gasteiger partial charge in [-0.15, -0.1) is 0 Å². The van der Waals surface area contributed by atoms with Crippen molar-refractivity contribution in [3.63, 3.8) is 0 Å². The summed E-state index contributed by atoms with van der Waals surface area (Å²) in [6, 6.07) is 7.42. The normalized spacial score (nSPS) is 13.8. The van der Waals surface area contributed by atoms with Gasteiger partial charge in [-0.3, -0.25) is 5.32 Å². The number of carbonyl (C=O) groups excluding carboxylic acids is 1. The van der Waals surface area contributed by atoms with E-state index in [0.29, 0.717) is 24.0 Å². The molecule has 1 aliphatic rings. The number of aromatic nitrogens is 2. The second-order valence-corrected chi connectivity index (χ2v) is 5.27. The third kappa shape index (κ3) is 3.56. The zero-order chi connectivity index (χ0) is 14.7. The van der Waals surface area contributed by atoms with Crippen LogP contribution in [0.15, 0.2) is 36.7 Å². The van der Waals surface area contributed by atoms with Crippen LogP contribution in [0.5, 0.6) is 0 Å². The zero-order valence-electron chi connectivity index (χ0n) is 11.9. The zero-order valence-corrected chi connectivity index (χ0v) is 11.9. The highest BCUT2D eigenvalue weighted by atomic mass is 16.5. The van der Waals surface area contributed by atoms with Crippen molar-refractivity contribution < 1.29 is 9.53 Å². The summed E-state index contributed by atoms with van der Waals surface area (Å²) in [5.41, 5.74) is 2.64. The maximum absolute atomic E-state index is 11.7. The first-order valence-electron chi connectivity index (χ1n) is 7.04. The van der Waals surface area contributed by atoms with Gasteiger partial charge in [0.2, 0.25) is 0 Å². The standard InChI is InChI=1S/C16H17N3O2/c1-11-3-6-13(19-16(20)21-10-12-4-5-12)9-14(11)15-17-7-2-8-18-15/h2-3,6-9,12H,4-5,10H2,1H3,(H,19,20). The van der Waals surface area contributed by atoms with Gasteiger partial charge in [0.15, 0.2) is 5.82 Å². The average molecular weight is 283 g/mol. The molecule has 0 unspecified atom stereocenters. The third-order valence-electron chi connectivity index (χ3n) is 3.44. The summed E-state index contributed by atoms with van der Waals surface area (Å²) in [6.45, 7) is 2.49. The Bertz CT molecular complexity index is 639. The summed E-state index contributed by atoms with van der Waals surface area (Å²) in [7, 11) is 0. The molecule has 2 aromatic rings. The molecule has 0 bridgehead atoms. The number of ether oxygens (including phenoxy) is 1. The van der Waals surface area contributed by atoms with Crippen LogP contribution in [0.25, 0.3) is 11.4 Å². The van der Waals surface area contributed by atoms with Crippen molar-refractivity contribution in [3.05, 3.63) is 42.2 Å². The molecule has 0 saturated heterocycles. The first-order chi connectivity index (χ1) is 10.2. The molecule has 0 aliphatic heterocycles. The number of rotatable bonds is 4. The average Bonchev–Trinajstić information content (AvgIpc) is 3.32. The lowest BCUT2D eigenvalue weighted by Crippen LogP contribution is -2.15. The maximum Gasteiger partial charge on any atom is 0.411 e. The summed E-state index contributed by atoms with van der Waals surface area (Å²) in [4.78, 5) is 20.2. The minimum absolute atomic E-state index is 0.411. The number of nitrogens with one attached hydrogen (secondary N) is 1. The van der Waals surface area contributed by atoms with E-state index in [1.54, 1.807) is 18.5 Å². The summed E-state index contributed by atoms with van der Waals surface area (Å²) >= 11 is 0. The van der Waals surface area contributed by atoms with E-state index < -0.39 is 6.09 Å². The Morgan fingerprint density at radius 1 is 1.33 bits per heavy atom. The van der Waals surface area contributed by atoms with Crippen LogP contribution in [-0.2, 0) is 4.74 Å². The van der Waals surface area contributed by atoms with Crippen LogP contribution in [-0.4, -0.2) is 22.7 Å². The van der Waals surface area contributed by atoms with E-state index >= 15 is 0 Å². The van der Waals surface area contributed by atoms with Gasteiger partial charge in [-0.1, -0.05) is 6.07 Å². The van der Waals surface area contributed by atoms with E-state index in [0.717, 1.165) is 24.0 Å². The third-order valence-corrected chi connectivity index (χ3v) is 3.44. The number of hydrogen-bond acceptors (Lipinski definition) is 4. The topological polar surface area (TPSA) is 64.1 Å². The largest absolute Gasteiger partial charge is 0.449 e. The van der Waals surface area contributed by atoms with Crippen LogP contribution >= 0.6 is 0 Å². The van der Waals surface area contributed by atoms with Crippen LogP contribution in [0.1, 0.15) is 18.4 Å². The number of hydrogen-bond donors (Lipinski definition) is 1. The quantitative estimate of drug-likeness (QED) is 0.934. The van der Waals surface area contributed by atoms with Crippen molar-refractivity contribution in [2.45, 2.75) is 19.8 Å². The molecule has 1 saturated carbocycles. The smallest absolute Gasteiger partial charge is 0.411 e. The van der Waals surface area contributed by atoms with Gasteiger partial charge < -0.3 is 4.74 Å². The van der Waals surface area contributed by atoms with Gasteiger partial charge >= 0.3 is 6.09 Å². The fourth-order valence-corrected chi connectivity index (χ4v) is 2.01. The minimum Gasteiger partial charge on any atom is -0.449 e. The van der Waals surface area contributed by atoms with Gasteiger partial charge in [-0.25, -0.2) is 14.8 Å². The SMILES string of the molecule is Cc1ccc(NC(=O)OCC2CC2)cc1-c1ncccn1. The fourth-order valence-electron chi connectivity index (χ4n) is 2.01. The highest BCUT2D eigenvalue weighted by Gasteiger charge is 2.23. The van der Waals surface area contributed by atoms with Crippen molar-refractivity contribution in [1.29, 1.82) is 0 Å². The van der Waals surface area contributed by atoms with Crippen LogP contribution in [0.3, 0.4) is 0 Å². The van der Waals surface area contributed by atoms with Gasteiger partial charge in [0.05, 0.1) is 6.61 Å². The molecular formula is C16H17N3O2. The second kappa shape index (κ2) is 5.91. The Kier molecular flexibility index (Phi) is 3.81. The van der Waals surface area contributed by atoms with Crippen LogP contribution < -0.4 is 5.32 Å². The lowest BCUT2D eigenvalue weighted by molar-refractivity contribution is 0.156. The van der Waals surface area contributed by atoms with E-state index in [1.165, 1.54) is 0 Å². The molecule has 5 heteroatoms. The van der Waals surface area contributed by atoms with Crippen LogP contribution in [0.2, 0.25) is 0 Å². The Morgan fingerprint density at radius 3 is 2.81 bits per heavy atom. The summed E-state index contributed by atoms with van der Waals surface area (Å²) in [5.74, 6) is 1.20. The second-order valence-electron chi connectivity index (χ2n) is 5.27. The minimum atomic E-state index is -0.411. The predicted molar refractivity (Wildman–Crippen MR) is 79.9 cm³/mol. The fraction of sp³-hybridized carbons (Fsp3) is 0.312. The van der Waals surface area contributed by atoms with Crippen LogP contribution in [0.4, 0.5) is 10.5 Å². The van der Waals surface area contributed by atoms with Gasteiger partial charge in [0, 0.05) is 23.6 Å². The number of carbonyl (C=O) groups is 1. The molecule has 21 heavy (non-hydrogen) atoms. The first-order valence-corrected chi connectivity index (χ1v) is 7.04. The Balaban J connectivity index is 1.72. The van der Waals surface area contributed by atoms with E-state index in [-0.39, 0.29) is 0 Å². The monoisotopic (exact) mass is 283 g/mol. The van der Waals surface area contributed by atoms with Crippen molar-refractivity contribution in [2.75, 3.05) is 11.9 Å². The van der Waals surface area contributed by atoms with Gasteiger partial charge in [0.25, 0.3) is 0 Å². The number of benzene rings is 1. The van der Waals surface area contributed by atoms with Crippen molar-refractivity contribution in [3.8, 4) is 11.4 Å². The predicted octanol–water partition coefficient (Wildman–Crippen LogP) is 3.41. The van der Waals surface area contributed by atoms with Crippen molar-refractivity contribution in [1.82, 2.24) is 9.97 Å². The number of amides is 1. The molecule has 0 spiro atoms. The summed E-state index contributed by atoms with van der Waals surface area (Å²) in [6.07, 6.45) is 5.31. The molecule has 1 aromatic carbocycles. The molecule has 3 rings (SSSR count).